The summed E-state index contributed by atoms with van der Waals surface area (Å²) in [6, 6.07) is 0. The number of aliphatic carboxylic acids is 1. The molecule has 1 rings (SSSR count). The fraction of sp³-hybridized carbons (Fsp3) is 0.889. The standard InChI is InChI=1S/C18H33NO6/c1-23-14-11-13(12-15(24-2)17(14)25-3)18(22)19-10-8-6-4-5-7-9-16(20)21/h13-15,17H,4-12H2,1-3H3,(H,19,22)(H,20,21). The number of amides is 1. The van der Waals surface area contributed by atoms with E-state index in [4.69, 9.17) is 19.3 Å². The lowest BCUT2D eigenvalue weighted by Gasteiger charge is -2.39. The molecule has 7 nitrogen and oxygen atoms in total. The van der Waals surface area contributed by atoms with Gasteiger partial charge >= 0.3 is 5.97 Å². The van der Waals surface area contributed by atoms with Crippen LogP contribution in [0.4, 0.5) is 0 Å². The van der Waals surface area contributed by atoms with E-state index in [1.165, 1.54) is 0 Å². The predicted octanol–water partition coefficient (Wildman–Crippen LogP) is 1.98. The van der Waals surface area contributed by atoms with Gasteiger partial charge in [-0.05, 0) is 25.7 Å². The van der Waals surface area contributed by atoms with Crippen molar-refractivity contribution >= 4 is 11.9 Å². The van der Waals surface area contributed by atoms with Crippen molar-refractivity contribution in [3.8, 4) is 0 Å². The highest BCUT2D eigenvalue weighted by molar-refractivity contribution is 5.78. The second-order valence-electron chi connectivity index (χ2n) is 6.62. The summed E-state index contributed by atoms with van der Waals surface area (Å²) >= 11 is 0. The molecule has 0 spiro atoms. The number of carboxylic acid groups (broad SMARTS) is 1. The van der Waals surface area contributed by atoms with Crippen LogP contribution in [0, 0.1) is 5.92 Å². The molecule has 1 saturated carbocycles. The minimum atomic E-state index is -0.737. The van der Waals surface area contributed by atoms with Gasteiger partial charge in [-0.2, -0.15) is 0 Å². The predicted molar refractivity (Wildman–Crippen MR) is 93.5 cm³/mol. The van der Waals surface area contributed by atoms with E-state index in [-0.39, 0.29) is 36.6 Å². The summed E-state index contributed by atoms with van der Waals surface area (Å²) < 4.78 is 16.4. The molecule has 0 aromatic rings. The van der Waals surface area contributed by atoms with Crippen LogP contribution < -0.4 is 5.32 Å². The second kappa shape index (κ2) is 12.2. The Kier molecular flexibility index (Phi) is 10.7. The van der Waals surface area contributed by atoms with E-state index in [0.717, 1.165) is 32.1 Å². The van der Waals surface area contributed by atoms with Crippen molar-refractivity contribution in [1.82, 2.24) is 5.32 Å². The Bertz CT molecular complexity index is 389. The Hall–Kier alpha value is -1.18. The van der Waals surface area contributed by atoms with E-state index in [0.29, 0.717) is 19.4 Å². The van der Waals surface area contributed by atoms with Crippen molar-refractivity contribution in [2.24, 2.45) is 5.92 Å². The molecule has 25 heavy (non-hydrogen) atoms. The summed E-state index contributed by atoms with van der Waals surface area (Å²) in [5, 5.41) is 11.6. The minimum absolute atomic E-state index is 0.0459. The van der Waals surface area contributed by atoms with E-state index < -0.39 is 5.97 Å². The van der Waals surface area contributed by atoms with Gasteiger partial charge in [0.25, 0.3) is 0 Å². The van der Waals surface area contributed by atoms with E-state index in [1.54, 1.807) is 21.3 Å². The molecule has 1 fully saturated rings. The largest absolute Gasteiger partial charge is 0.481 e. The molecule has 1 aliphatic carbocycles. The molecule has 146 valence electrons. The van der Waals surface area contributed by atoms with Gasteiger partial charge in [-0.15, -0.1) is 0 Å². The lowest BCUT2D eigenvalue weighted by Crippen LogP contribution is -2.50. The molecule has 0 radical (unpaired) electrons. The third kappa shape index (κ3) is 7.71. The molecular weight excluding hydrogens is 326 g/mol. The van der Waals surface area contributed by atoms with E-state index in [2.05, 4.69) is 5.32 Å². The molecule has 1 aliphatic rings. The number of carbonyl (C=O) groups is 2. The molecule has 2 atom stereocenters. The fourth-order valence-electron chi connectivity index (χ4n) is 3.43. The number of hydrogen-bond donors (Lipinski definition) is 2. The molecule has 2 unspecified atom stereocenters. The highest BCUT2D eigenvalue weighted by atomic mass is 16.6. The first-order valence-corrected chi connectivity index (χ1v) is 9.11. The lowest BCUT2D eigenvalue weighted by atomic mass is 9.82. The molecule has 7 heteroatoms. The van der Waals surface area contributed by atoms with Crippen LogP contribution in [0.2, 0.25) is 0 Å². The first kappa shape index (κ1) is 21.9. The normalized spacial score (nSPS) is 26.4. The number of nitrogens with one attached hydrogen (secondary N) is 1. The third-order valence-electron chi connectivity index (χ3n) is 4.88. The molecule has 0 bridgehead atoms. The summed E-state index contributed by atoms with van der Waals surface area (Å²) in [5.74, 6) is -0.819. The quantitative estimate of drug-likeness (QED) is 0.518. The molecule has 0 aromatic heterocycles. The lowest BCUT2D eigenvalue weighted by molar-refractivity contribution is -0.152. The van der Waals surface area contributed by atoms with Crippen molar-refractivity contribution in [3.63, 3.8) is 0 Å². The maximum atomic E-state index is 12.4. The average molecular weight is 359 g/mol. The molecule has 0 aliphatic heterocycles. The monoisotopic (exact) mass is 359 g/mol. The van der Waals surface area contributed by atoms with E-state index in [9.17, 15) is 9.59 Å². The highest BCUT2D eigenvalue weighted by Crippen LogP contribution is 2.30. The molecular formula is C18H33NO6. The Morgan fingerprint density at radius 3 is 2.00 bits per heavy atom. The van der Waals surface area contributed by atoms with Gasteiger partial charge in [0.05, 0.1) is 12.2 Å². The first-order chi connectivity index (χ1) is 12.0. The summed E-state index contributed by atoms with van der Waals surface area (Å²) in [6.45, 7) is 0.650. The average Bonchev–Trinajstić information content (AvgIpc) is 2.61. The molecule has 0 saturated heterocycles. The van der Waals surface area contributed by atoms with Crippen LogP contribution in [0.5, 0.6) is 0 Å². The van der Waals surface area contributed by atoms with Gasteiger partial charge < -0.3 is 24.6 Å². The number of rotatable bonds is 12. The van der Waals surface area contributed by atoms with Gasteiger partial charge in [-0.3, -0.25) is 9.59 Å². The smallest absolute Gasteiger partial charge is 0.303 e. The Morgan fingerprint density at radius 2 is 1.48 bits per heavy atom. The summed E-state index contributed by atoms with van der Waals surface area (Å²) in [7, 11) is 4.90. The zero-order chi connectivity index (χ0) is 18.7. The van der Waals surface area contributed by atoms with Crippen molar-refractivity contribution in [2.75, 3.05) is 27.9 Å². The zero-order valence-corrected chi connectivity index (χ0v) is 15.7. The Labute approximate surface area is 150 Å². The van der Waals surface area contributed by atoms with E-state index >= 15 is 0 Å². The Morgan fingerprint density at radius 1 is 0.920 bits per heavy atom. The fourth-order valence-corrected chi connectivity index (χ4v) is 3.43. The van der Waals surface area contributed by atoms with Crippen molar-refractivity contribution < 1.29 is 28.9 Å². The van der Waals surface area contributed by atoms with Crippen molar-refractivity contribution in [2.45, 2.75) is 69.7 Å². The third-order valence-corrected chi connectivity index (χ3v) is 4.88. The van der Waals surface area contributed by atoms with Crippen LogP contribution in [-0.2, 0) is 23.8 Å². The minimum Gasteiger partial charge on any atom is -0.481 e. The van der Waals surface area contributed by atoms with Crippen LogP contribution in [-0.4, -0.2) is 63.2 Å². The highest BCUT2D eigenvalue weighted by Gasteiger charge is 2.41. The number of hydrogen-bond acceptors (Lipinski definition) is 5. The maximum absolute atomic E-state index is 12.4. The number of carboxylic acids is 1. The Balaban J connectivity index is 2.24. The van der Waals surface area contributed by atoms with Crippen LogP contribution in [0.25, 0.3) is 0 Å². The SMILES string of the molecule is COC1CC(C(=O)NCCCCCCCC(=O)O)CC(OC)C1OC. The zero-order valence-electron chi connectivity index (χ0n) is 15.7. The van der Waals surface area contributed by atoms with Crippen molar-refractivity contribution in [3.05, 3.63) is 0 Å². The van der Waals surface area contributed by atoms with Gasteiger partial charge in [-0.1, -0.05) is 19.3 Å². The van der Waals surface area contributed by atoms with Gasteiger partial charge in [0, 0.05) is 40.2 Å². The molecule has 0 heterocycles. The molecule has 0 aromatic carbocycles. The number of unbranched alkanes of at least 4 members (excludes halogenated alkanes) is 4. The van der Waals surface area contributed by atoms with Crippen LogP contribution in [0.15, 0.2) is 0 Å². The molecule has 1 amide bonds. The van der Waals surface area contributed by atoms with E-state index in [1.807, 2.05) is 0 Å². The first-order valence-electron chi connectivity index (χ1n) is 9.11. The number of ether oxygens (including phenoxy) is 3. The van der Waals surface area contributed by atoms with Crippen LogP contribution in [0.1, 0.15) is 51.4 Å². The summed E-state index contributed by atoms with van der Waals surface area (Å²) in [5.41, 5.74) is 0. The topological polar surface area (TPSA) is 94.1 Å². The van der Waals surface area contributed by atoms with Gasteiger partial charge in [-0.25, -0.2) is 0 Å². The van der Waals surface area contributed by atoms with Gasteiger partial charge in [0.2, 0.25) is 5.91 Å². The van der Waals surface area contributed by atoms with Gasteiger partial charge in [0.1, 0.15) is 6.10 Å². The van der Waals surface area contributed by atoms with Gasteiger partial charge in [0.15, 0.2) is 0 Å². The molecule has 2 N–H and O–H groups in total. The summed E-state index contributed by atoms with van der Waals surface area (Å²) in [6.07, 6.45) is 5.62. The van der Waals surface area contributed by atoms with Crippen molar-refractivity contribution in [1.29, 1.82) is 0 Å². The number of carbonyl (C=O) groups excluding carboxylic acids is 1. The van der Waals surface area contributed by atoms with Crippen LogP contribution >= 0.6 is 0 Å². The maximum Gasteiger partial charge on any atom is 0.303 e. The summed E-state index contributed by atoms with van der Waals surface area (Å²) in [4.78, 5) is 22.8. The second-order valence-corrected chi connectivity index (χ2v) is 6.62. The van der Waals surface area contributed by atoms with Crippen LogP contribution in [0.3, 0.4) is 0 Å². The number of methoxy groups -OCH3 is 3.